The summed E-state index contributed by atoms with van der Waals surface area (Å²) < 4.78 is 25.7. The topological polar surface area (TPSA) is 32.3 Å². The van der Waals surface area contributed by atoms with Crippen LogP contribution in [0.25, 0.3) is 0 Å². The number of hydrogen-bond acceptors (Lipinski definition) is 2. The molecule has 0 bridgehead atoms. The Morgan fingerprint density at radius 1 is 1.40 bits per heavy atom. The van der Waals surface area contributed by atoms with Gasteiger partial charge in [-0.15, -0.1) is 0 Å². The van der Waals surface area contributed by atoms with Gasteiger partial charge in [0.2, 0.25) is 0 Å². The quantitative estimate of drug-likeness (QED) is 0.838. The molecule has 1 aromatic rings. The van der Waals surface area contributed by atoms with Crippen molar-refractivity contribution >= 4 is 11.6 Å². The van der Waals surface area contributed by atoms with E-state index < -0.39 is 17.4 Å². The van der Waals surface area contributed by atoms with E-state index in [-0.39, 0.29) is 6.54 Å². The summed E-state index contributed by atoms with van der Waals surface area (Å²) in [6.45, 7) is 4.05. The average molecular weight is 234 g/mol. The summed E-state index contributed by atoms with van der Waals surface area (Å²) in [6, 6.07) is 2.12. The van der Waals surface area contributed by atoms with Crippen molar-refractivity contribution in [2.24, 2.45) is 0 Å². The summed E-state index contributed by atoms with van der Waals surface area (Å²) >= 11 is 5.49. The molecule has 2 N–H and O–H groups in total. The summed E-state index contributed by atoms with van der Waals surface area (Å²) in [5, 5.41) is 12.1. The third kappa shape index (κ3) is 3.49. The Balaban J connectivity index is 2.66. The van der Waals surface area contributed by atoms with Crippen molar-refractivity contribution in [3.8, 4) is 5.75 Å². The Morgan fingerprint density at radius 2 is 1.93 bits per heavy atom. The normalized spacial score (nSPS) is 10.3. The van der Waals surface area contributed by atoms with Crippen LogP contribution in [0.4, 0.5) is 8.78 Å². The van der Waals surface area contributed by atoms with E-state index in [1.807, 2.05) is 0 Å². The van der Waals surface area contributed by atoms with Crippen molar-refractivity contribution in [3.05, 3.63) is 40.9 Å². The largest absolute Gasteiger partial charge is 0.503 e. The van der Waals surface area contributed by atoms with E-state index in [1.165, 1.54) is 0 Å². The second-order valence-corrected chi connectivity index (χ2v) is 3.56. The Kier molecular flexibility index (Phi) is 4.05. The Labute approximate surface area is 91.2 Å². The third-order valence-electron chi connectivity index (χ3n) is 1.72. The first-order valence-electron chi connectivity index (χ1n) is 4.21. The number of hydrogen-bond donors (Lipinski definition) is 2. The molecule has 0 aromatic heterocycles. The van der Waals surface area contributed by atoms with Gasteiger partial charge in [-0.3, -0.25) is 0 Å². The number of nitrogens with one attached hydrogen (secondary N) is 1. The monoisotopic (exact) mass is 233 g/mol. The highest BCUT2D eigenvalue weighted by Gasteiger charge is 2.08. The van der Waals surface area contributed by atoms with Crippen LogP contribution in [0.2, 0.25) is 0 Å². The fourth-order valence-corrected chi connectivity index (χ4v) is 1.16. The minimum atomic E-state index is -0.975. The maximum Gasteiger partial charge on any atom is 0.187 e. The summed E-state index contributed by atoms with van der Waals surface area (Å²) in [6.07, 6.45) is 0. The molecule has 2 nitrogen and oxygen atoms in total. The summed E-state index contributed by atoms with van der Waals surface area (Å²) in [5.74, 6) is -2.91. The van der Waals surface area contributed by atoms with E-state index in [0.717, 1.165) is 12.1 Å². The lowest BCUT2D eigenvalue weighted by Gasteiger charge is -2.05. The molecule has 0 radical (unpaired) electrons. The molecule has 0 amide bonds. The number of aromatic hydroxyl groups is 1. The van der Waals surface area contributed by atoms with Crippen molar-refractivity contribution in [3.63, 3.8) is 0 Å². The van der Waals surface area contributed by atoms with Gasteiger partial charge in [0.15, 0.2) is 17.4 Å². The van der Waals surface area contributed by atoms with Gasteiger partial charge >= 0.3 is 0 Å². The van der Waals surface area contributed by atoms with E-state index >= 15 is 0 Å². The van der Waals surface area contributed by atoms with Gasteiger partial charge in [-0.05, 0) is 17.7 Å². The Morgan fingerprint density at radius 3 is 2.40 bits per heavy atom. The van der Waals surface area contributed by atoms with Crippen molar-refractivity contribution in [2.75, 3.05) is 6.54 Å². The van der Waals surface area contributed by atoms with Crippen LogP contribution >= 0.6 is 11.6 Å². The first-order valence-corrected chi connectivity index (χ1v) is 4.59. The first kappa shape index (κ1) is 11.9. The molecule has 0 aliphatic rings. The highest BCUT2D eigenvalue weighted by molar-refractivity contribution is 6.29. The number of phenolic OH excluding ortho intramolecular Hbond substituents is 1. The minimum Gasteiger partial charge on any atom is -0.503 e. The van der Waals surface area contributed by atoms with Crippen LogP contribution in [0.1, 0.15) is 5.56 Å². The molecule has 0 unspecified atom stereocenters. The molecular formula is C10H10ClF2NO. The van der Waals surface area contributed by atoms with E-state index in [0.29, 0.717) is 17.1 Å². The van der Waals surface area contributed by atoms with Crippen LogP contribution in [0.3, 0.4) is 0 Å². The predicted molar refractivity (Wildman–Crippen MR) is 54.7 cm³/mol. The molecular weight excluding hydrogens is 224 g/mol. The molecule has 0 aliphatic carbocycles. The average Bonchev–Trinajstić information content (AvgIpc) is 2.13. The molecule has 1 aromatic carbocycles. The van der Waals surface area contributed by atoms with Crippen molar-refractivity contribution < 1.29 is 13.9 Å². The van der Waals surface area contributed by atoms with Gasteiger partial charge < -0.3 is 10.4 Å². The maximum absolute atomic E-state index is 12.9. The molecule has 1 rings (SSSR count). The summed E-state index contributed by atoms with van der Waals surface area (Å²) in [5.41, 5.74) is 0.390. The molecule has 15 heavy (non-hydrogen) atoms. The zero-order chi connectivity index (χ0) is 11.4. The highest BCUT2D eigenvalue weighted by atomic mass is 35.5. The maximum atomic E-state index is 12.9. The van der Waals surface area contributed by atoms with Crippen molar-refractivity contribution in [1.29, 1.82) is 0 Å². The standard InChI is InChI=1S/C10H10ClF2NO/c1-6(11)4-14-5-7-2-8(12)10(15)9(13)3-7/h2-3,14-15H,1,4-5H2. The van der Waals surface area contributed by atoms with Crippen LogP contribution in [0.5, 0.6) is 5.75 Å². The molecule has 0 heterocycles. The zero-order valence-corrected chi connectivity index (χ0v) is 8.61. The molecule has 0 spiro atoms. The molecule has 0 aliphatic heterocycles. The summed E-state index contributed by atoms with van der Waals surface area (Å²) in [7, 11) is 0. The van der Waals surface area contributed by atoms with Gasteiger partial charge in [-0.25, -0.2) is 8.78 Å². The smallest absolute Gasteiger partial charge is 0.187 e. The van der Waals surface area contributed by atoms with Gasteiger partial charge in [0.05, 0.1) is 0 Å². The van der Waals surface area contributed by atoms with E-state index in [2.05, 4.69) is 11.9 Å². The zero-order valence-electron chi connectivity index (χ0n) is 7.86. The van der Waals surface area contributed by atoms with Crippen LogP contribution in [-0.4, -0.2) is 11.7 Å². The molecule has 0 saturated carbocycles. The van der Waals surface area contributed by atoms with Gasteiger partial charge in [0, 0.05) is 18.1 Å². The number of halogens is 3. The molecule has 0 fully saturated rings. The third-order valence-corrected chi connectivity index (χ3v) is 1.86. The molecule has 0 saturated heterocycles. The molecule has 82 valence electrons. The number of rotatable bonds is 4. The number of phenols is 1. The summed E-state index contributed by atoms with van der Waals surface area (Å²) in [4.78, 5) is 0. The van der Waals surface area contributed by atoms with Crippen LogP contribution in [-0.2, 0) is 6.54 Å². The van der Waals surface area contributed by atoms with E-state index in [9.17, 15) is 8.78 Å². The minimum absolute atomic E-state index is 0.250. The van der Waals surface area contributed by atoms with Crippen LogP contribution in [0.15, 0.2) is 23.7 Å². The fourth-order valence-electron chi connectivity index (χ4n) is 1.06. The molecule has 5 heteroatoms. The fraction of sp³-hybridized carbons (Fsp3) is 0.200. The van der Waals surface area contributed by atoms with Crippen molar-refractivity contribution in [1.82, 2.24) is 5.32 Å². The van der Waals surface area contributed by atoms with Crippen molar-refractivity contribution in [2.45, 2.75) is 6.54 Å². The van der Waals surface area contributed by atoms with Crippen LogP contribution in [0, 0.1) is 11.6 Å². The lowest BCUT2D eigenvalue weighted by atomic mass is 10.2. The number of benzene rings is 1. The van der Waals surface area contributed by atoms with E-state index in [1.54, 1.807) is 0 Å². The lowest BCUT2D eigenvalue weighted by molar-refractivity contribution is 0.395. The lowest BCUT2D eigenvalue weighted by Crippen LogP contribution is -2.14. The van der Waals surface area contributed by atoms with Crippen LogP contribution < -0.4 is 5.32 Å². The first-order chi connectivity index (χ1) is 7.00. The Hall–Kier alpha value is -1.13. The SMILES string of the molecule is C=C(Cl)CNCc1cc(F)c(O)c(F)c1. The predicted octanol–water partition coefficient (Wildman–Crippen LogP) is 2.51. The second kappa shape index (κ2) is 5.09. The van der Waals surface area contributed by atoms with Gasteiger partial charge in [-0.1, -0.05) is 18.2 Å². The molecule has 0 atom stereocenters. The Bertz CT molecular complexity index is 359. The highest BCUT2D eigenvalue weighted by Crippen LogP contribution is 2.21. The van der Waals surface area contributed by atoms with Gasteiger partial charge in [0.1, 0.15) is 0 Å². The second-order valence-electron chi connectivity index (χ2n) is 3.03. The van der Waals surface area contributed by atoms with Gasteiger partial charge in [-0.2, -0.15) is 0 Å². The van der Waals surface area contributed by atoms with Gasteiger partial charge in [0.25, 0.3) is 0 Å². The van der Waals surface area contributed by atoms with E-state index in [4.69, 9.17) is 16.7 Å².